The zero-order valence-electron chi connectivity index (χ0n) is 13.5. The minimum absolute atomic E-state index is 0.0414. The molecule has 3 rings (SSSR count). The molecule has 0 amide bonds. The predicted molar refractivity (Wildman–Crippen MR) is 99.7 cm³/mol. The molecule has 0 spiro atoms. The van der Waals surface area contributed by atoms with Crippen LogP contribution in [0.2, 0.25) is 0 Å². The molecule has 24 heavy (non-hydrogen) atoms. The second kappa shape index (κ2) is 6.75. The molecule has 1 heterocycles. The molecule has 6 heteroatoms. The van der Waals surface area contributed by atoms with E-state index in [1.165, 1.54) is 0 Å². The zero-order valence-corrected chi connectivity index (χ0v) is 15.1. The number of hydrogen-bond donors (Lipinski definition) is 1. The number of thiazole rings is 1. The van der Waals surface area contributed by atoms with E-state index in [9.17, 15) is 8.42 Å². The van der Waals surface area contributed by atoms with Gasteiger partial charge in [-0.1, -0.05) is 42.0 Å². The van der Waals surface area contributed by atoms with Crippen LogP contribution < -0.4 is 4.72 Å². The number of aromatic nitrogens is 1. The summed E-state index contributed by atoms with van der Waals surface area (Å²) in [4.78, 5) is 4.43. The van der Waals surface area contributed by atoms with E-state index in [0.29, 0.717) is 5.69 Å². The van der Waals surface area contributed by atoms with Crippen molar-refractivity contribution < 1.29 is 8.42 Å². The molecule has 0 atom stereocenters. The van der Waals surface area contributed by atoms with Crippen LogP contribution in [0.1, 0.15) is 16.1 Å². The van der Waals surface area contributed by atoms with Crippen LogP contribution >= 0.6 is 11.3 Å². The lowest BCUT2D eigenvalue weighted by molar-refractivity contribution is 0.600. The molecule has 0 saturated heterocycles. The molecule has 0 aliphatic carbocycles. The first-order chi connectivity index (χ1) is 11.4. The molecule has 0 aliphatic rings. The molecule has 0 fully saturated rings. The molecule has 4 nitrogen and oxygen atoms in total. The van der Waals surface area contributed by atoms with Crippen molar-refractivity contribution in [3.05, 3.63) is 70.0 Å². The molecule has 1 N–H and O–H groups in total. The summed E-state index contributed by atoms with van der Waals surface area (Å²) in [6, 6.07) is 14.8. The van der Waals surface area contributed by atoms with Gasteiger partial charge < -0.3 is 0 Å². The van der Waals surface area contributed by atoms with Gasteiger partial charge >= 0.3 is 0 Å². The largest absolute Gasteiger partial charge is 0.283 e. The molecule has 0 bridgehead atoms. The smallest absolute Gasteiger partial charge is 0.236 e. The van der Waals surface area contributed by atoms with Crippen LogP contribution in [0.25, 0.3) is 11.3 Å². The molecule has 0 radical (unpaired) electrons. The summed E-state index contributed by atoms with van der Waals surface area (Å²) in [6.07, 6.45) is 0. The normalized spacial score (nSPS) is 11.4. The molecule has 0 unspecified atom stereocenters. The Bertz CT molecular complexity index is 928. The third kappa shape index (κ3) is 4.21. The average Bonchev–Trinajstić information content (AvgIpc) is 2.96. The summed E-state index contributed by atoms with van der Waals surface area (Å²) in [7, 11) is -3.44. The minimum Gasteiger partial charge on any atom is -0.283 e. The van der Waals surface area contributed by atoms with Gasteiger partial charge in [0.2, 0.25) is 10.0 Å². The molecule has 124 valence electrons. The van der Waals surface area contributed by atoms with E-state index in [0.717, 1.165) is 27.4 Å². The lowest BCUT2D eigenvalue weighted by atomic mass is 10.1. The molecule has 0 saturated carbocycles. The Morgan fingerprint density at radius 3 is 2.25 bits per heavy atom. The number of aryl methyl sites for hydroxylation is 2. The fourth-order valence-electron chi connectivity index (χ4n) is 2.32. The van der Waals surface area contributed by atoms with Gasteiger partial charge in [-0.05, 0) is 31.5 Å². The van der Waals surface area contributed by atoms with Gasteiger partial charge in [0.1, 0.15) is 0 Å². The lowest BCUT2D eigenvalue weighted by Crippen LogP contribution is -2.15. The number of hydrogen-bond acceptors (Lipinski definition) is 4. The highest BCUT2D eigenvalue weighted by atomic mass is 32.2. The van der Waals surface area contributed by atoms with Crippen molar-refractivity contribution in [2.45, 2.75) is 19.6 Å². The summed E-state index contributed by atoms with van der Waals surface area (Å²) >= 11 is 1.59. The topological polar surface area (TPSA) is 59.1 Å². The van der Waals surface area contributed by atoms with E-state index in [2.05, 4.69) is 9.71 Å². The standard InChI is InChI=1S/C18H18N2O2S2/c1-13-3-5-15(6-4-13)12-24(21,22)20-17-9-7-16(8-10-17)18-11-23-14(2)19-18/h3-11,20H,12H2,1-2H3. The van der Waals surface area contributed by atoms with Crippen LogP contribution in [0, 0.1) is 13.8 Å². The molecule has 0 aliphatic heterocycles. The zero-order chi connectivity index (χ0) is 17.2. The second-order valence-electron chi connectivity index (χ2n) is 5.68. The van der Waals surface area contributed by atoms with Crippen LogP contribution in [0.5, 0.6) is 0 Å². The van der Waals surface area contributed by atoms with Crippen molar-refractivity contribution in [1.82, 2.24) is 4.98 Å². The average molecular weight is 358 g/mol. The van der Waals surface area contributed by atoms with Crippen molar-refractivity contribution in [2.24, 2.45) is 0 Å². The quantitative estimate of drug-likeness (QED) is 0.737. The van der Waals surface area contributed by atoms with Crippen molar-refractivity contribution in [2.75, 3.05) is 4.72 Å². The van der Waals surface area contributed by atoms with Gasteiger partial charge in [-0.2, -0.15) is 0 Å². The summed E-state index contributed by atoms with van der Waals surface area (Å²) in [6.45, 7) is 3.93. The minimum atomic E-state index is -3.44. The number of anilines is 1. The molecule has 3 aromatic rings. The Morgan fingerprint density at radius 1 is 1.00 bits per heavy atom. The monoisotopic (exact) mass is 358 g/mol. The Kier molecular flexibility index (Phi) is 4.69. The Hall–Kier alpha value is -2.18. The highest BCUT2D eigenvalue weighted by molar-refractivity contribution is 7.91. The van der Waals surface area contributed by atoms with Gasteiger partial charge in [0.15, 0.2) is 0 Å². The third-order valence-corrected chi connectivity index (χ3v) is 5.58. The van der Waals surface area contributed by atoms with Crippen molar-refractivity contribution >= 4 is 27.0 Å². The summed E-state index contributed by atoms with van der Waals surface area (Å²) in [5, 5.41) is 3.00. The molecule has 2 aromatic carbocycles. The number of nitrogens with one attached hydrogen (secondary N) is 1. The Labute approximate surface area is 146 Å². The van der Waals surface area contributed by atoms with Crippen LogP contribution in [0.3, 0.4) is 0 Å². The summed E-state index contributed by atoms with van der Waals surface area (Å²) in [5.74, 6) is -0.0414. The van der Waals surface area contributed by atoms with Crippen LogP contribution in [-0.4, -0.2) is 13.4 Å². The van der Waals surface area contributed by atoms with Gasteiger partial charge in [0, 0.05) is 16.6 Å². The predicted octanol–water partition coefficient (Wildman–Crippen LogP) is 4.37. The van der Waals surface area contributed by atoms with E-state index >= 15 is 0 Å². The van der Waals surface area contributed by atoms with Crippen molar-refractivity contribution in [3.63, 3.8) is 0 Å². The summed E-state index contributed by atoms with van der Waals surface area (Å²) in [5.41, 5.74) is 4.31. The van der Waals surface area contributed by atoms with Gasteiger partial charge in [-0.3, -0.25) is 4.72 Å². The lowest BCUT2D eigenvalue weighted by Gasteiger charge is -2.09. The SMILES string of the molecule is Cc1ccc(CS(=O)(=O)Nc2ccc(-c3csc(C)n3)cc2)cc1. The number of sulfonamides is 1. The maximum atomic E-state index is 12.3. The van der Waals surface area contributed by atoms with Gasteiger partial charge in [0.05, 0.1) is 16.5 Å². The van der Waals surface area contributed by atoms with Crippen LogP contribution in [0.15, 0.2) is 53.9 Å². The molecular formula is C18H18N2O2S2. The van der Waals surface area contributed by atoms with E-state index < -0.39 is 10.0 Å². The van der Waals surface area contributed by atoms with Gasteiger partial charge in [-0.25, -0.2) is 13.4 Å². The fourth-order valence-corrected chi connectivity index (χ4v) is 4.15. The van der Waals surface area contributed by atoms with E-state index in [-0.39, 0.29) is 5.75 Å². The number of rotatable bonds is 5. The Morgan fingerprint density at radius 2 is 1.67 bits per heavy atom. The van der Waals surface area contributed by atoms with Crippen molar-refractivity contribution in [3.8, 4) is 11.3 Å². The number of benzene rings is 2. The summed E-state index contributed by atoms with van der Waals surface area (Å²) < 4.78 is 27.2. The van der Waals surface area contributed by atoms with E-state index in [1.54, 1.807) is 23.5 Å². The highest BCUT2D eigenvalue weighted by Crippen LogP contribution is 2.23. The molecule has 1 aromatic heterocycles. The maximum Gasteiger partial charge on any atom is 0.236 e. The fraction of sp³-hybridized carbons (Fsp3) is 0.167. The highest BCUT2D eigenvalue weighted by Gasteiger charge is 2.12. The van der Waals surface area contributed by atoms with E-state index in [1.807, 2.05) is 55.6 Å². The van der Waals surface area contributed by atoms with Crippen LogP contribution in [-0.2, 0) is 15.8 Å². The van der Waals surface area contributed by atoms with E-state index in [4.69, 9.17) is 0 Å². The van der Waals surface area contributed by atoms with Crippen molar-refractivity contribution in [1.29, 1.82) is 0 Å². The maximum absolute atomic E-state index is 12.3. The first-order valence-corrected chi connectivity index (χ1v) is 10.0. The van der Waals surface area contributed by atoms with Gasteiger partial charge in [-0.15, -0.1) is 11.3 Å². The number of nitrogens with zero attached hydrogens (tertiary/aromatic N) is 1. The Balaban J connectivity index is 1.71. The first kappa shape index (κ1) is 16.7. The van der Waals surface area contributed by atoms with Gasteiger partial charge in [0.25, 0.3) is 0 Å². The second-order valence-corrected chi connectivity index (χ2v) is 8.46. The first-order valence-electron chi connectivity index (χ1n) is 7.50. The third-order valence-electron chi connectivity index (χ3n) is 3.55. The van der Waals surface area contributed by atoms with Crippen LogP contribution in [0.4, 0.5) is 5.69 Å². The molecular weight excluding hydrogens is 340 g/mol.